The fraction of sp³-hybridized carbons (Fsp3) is 0. The van der Waals surface area contributed by atoms with Crippen molar-refractivity contribution in [2.24, 2.45) is 16.5 Å². The minimum atomic E-state index is -0.593. The van der Waals surface area contributed by atoms with E-state index in [0.717, 1.165) is 5.39 Å². The van der Waals surface area contributed by atoms with Crippen LogP contribution in [0.2, 0.25) is 0 Å². The van der Waals surface area contributed by atoms with E-state index in [1.807, 2.05) is 6.07 Å². The number of amides is 1. The molecule has 0 aliphatic carbocycles. The lowest BCUT2D eigenvalue weighted by molar-refractivity contribution is 0.100. The molecule has 0 radical (unpaired) electrons. The first-order valence-electron chi connectivity index (χ1n) is 7.12. The molecule has 0 bridgehead atoms. The first-order valence-corrected chi connectivity index (χ1v) is 7.12. The van der Waals surface area contributed by atoms with Crippen LogP contribution >= 0.6 is 0 Å². The number of aromatic hydroxyl groups is 1. The molecule has 3 aromatic carbocycles. The summed E-state index contributed by atoms with van der Waals surface area (Å²) >= 11 is 0. The van der Waals surface area contributed by atoms with Gasteiger partial charge in [0.25, 0.3) is 5.91 Å². The normalized spacial score (nSPS) is 10.5. The van der Waals surface area contributed by atoms with Crippen molar-refractivity contribution in [1.29, 1.82) is 0 Å². The molecule has 5 nitrogen and oxygen atoms in total. The summed E-state index contributed by atoms with van der Waals surface area (Å²) in [6.07, 6.45) is 0. The molecular weight excluding hydrogens is 309 g/mol. The largest absolute Gasteiger partial charge is 0.507 e. The van der Waals surface area contributed by atoms with Gasteiger partial charge in [-0.3, -0.25) is 4.79 Å². The number of nitrogens with zero attached hydrogens (tertiary/aromatic N) is 1. The SMILES string of the molecule is NC(N)=NC(=O)c1ccc2cccc(-c3c(O)cccc3F)c2c1. The molecule has 24 heavy (non-hydrogen) atoms. The number of halogens is 1. The van der Waals surface area contributed by atoms with E-state index in [4.69, 9.17) is 11.5 Å². The van der Waals surface area contributed by atoms with Crippen molar-refractivity contribution >= 4 is 22.6 Å². The van der Waals surface area contributed by atoms with E-state index < -0.39 is 11.7 Å². The highest BCUT2D eigenvalue weighted by Gasteiger charge is 2.14. The van der Waals surface area contributed by atoms with Gasteiger partial charge in [0.15, 0.2) is 5.96 Å². The van der Waals surface area contributed by atoms with Crippen molar-refractivity contribution in [3.63, 3.8) is 0 Å². The summed E-state index contributed by atoms with van der Waals surface area (Å²) in [6.45, 7) is 0. The average molecular weight is 323 g/mol. The molecule has 0 spiro atoms. The molecule has 5 N–H and O–H groups in total. The van der Waals surface area contributed by atoms with Crippen LogP contribution in [0.15, 0.2) is 59.6 Å². The predicted octanol–water partition coefficient (Wildman–Crippen LogP) is 2.77. The molecule has 1 amide bonds. The number of rotatable bonds is 2. The summed E-state index contributed by atoms with van der Waals surface area (Å²) < 4.78 is 14.2. The van der Waals surface area contributed by atoms with E-state index in [-0.39, 0.29) is 22.8 Å². The van der Waals surface area contributed by atoms with Gasteiger partial charge in [-0.2, -0.15) is 4.99 Å². The fourth-order valence-corrected chi connectivity index (χ4v) is 2.58. The Hall–Kier alpha value is -3.41. The number of hydrogen-bond acceptors (Lipinski definition) is 2. The molecule has 0 aliphatic heterocycles. The summed E-state index contributed by atoms with van der Waals surface area (Å²) in [5.41, 5.74) is 11.3. The third-order valence-electron chi connectivity index (χ3n) is 3.62. The zero-order valence-electron chi connectivity index (χ0n) is 12.5. The summed E-state index contributed by atoms with van der Waals surface area (Å²) in [6, 6.07) is 14.2. The van der Waals surface area contributed by atoms with Crippen molar-refractivity contribution in [3.8, 4) is 16.9 Å². The number of guanidine groups is 1. The summed E-state index contributed by atoms with van der Waals surface area (Å²) in [5.74, 6) is -1.66. The monoisotopic (exact) mass is 323 g/mol. The Morgan fingerprint density at radius 1 is 1.04 bits per heavy atom. The zero-order chi connectivity index (χ0) is 17.3. The lowest BCUT2D eigenvalue weighted by Gasteiger charge is -2.10. The van der Waals surface area contributed by atoms with Gasteiger partial charge in [0.1, 0.15) is 11.6 Å². The molecule has 120 valence electrons. The minimum Gasteiger partial charge on any atom is -0.507 e. The van der Waals surface area contributed by atoms with Crippen LogP contribution < -0.4 is 11.5 Å². The molecule has 0 aliphatic rings. The molecule has 0 atom stereocenters. The van der Waals surface area contributed by atoms with Crippen molar-refractivity contribution in [2.45, 2.75) is 0 Å². The standard InChI is InChI=1S/C18H14FN3O2/c19-14-5-2-6-15(23)16(14)12-4-1-3-10-7-8-11(9-13(10)12)17(24)22-18(20)21/h1-9,23H,(H4,20,21,22,24). The second kappa shape index (κ2) is 6.00. The van der Waals surface area contributed by atoms with Gasteiger partial charge in [-0.05, 0) is 40.6 Å². The van der Waals surface area contributed by atoms with Gasteiger partial charge >= 0.3 is 0 Å². The van der Waals surface area contributed by atoms with Crippen LogP contribution in [0.1, 0.15) is 10.4 Å². The van der Waals surface area contributed by atoms with E-state index >= 15 is 0 Å². The molecule has 6 heteroatoms. The van der Waals surface area contributed by atoms with Crippen LogP contribution in [0.5, 0.6) is 5.75 Å². The summed E-state index contributed by atoms with van der Waals surface area (Å²) in [5, 5.41) is 11.4. The van der Waals surface area contributed by atoms with Gasteiger partial charge in [-0.15, -0.1) is 0 Å². The van der Waals surface area contributed by atoms with E-state index in [1.54, 1.807) is 30.3 Å². The number of fused-ring (bicyclic) bond motifs is 1. The number of phenols is 1. The molecule has 0 aromatic heterocycles. The van der Waals surface area contributed by atoms with E-state index in [9.17, 15) is 14.3 Å². The van der Waals surface area contributed by atoms with Gasteiger partial charge in [0.05, 0.1) is 5.56 Å². The minimum absolute atomic E-state index is 0.0783. The number of carbonyl (C=O) groups is 1. The maximum Gasteiger partial charge on any atom is 0.280 e. The predicted molar refractivity (Wildman–Crippen MR) is 91.1 cm³/mol. The smallest absolute Gasteiger partial charge is 0.280 e. The molecule has 0 unspecified atom stereocenters. The third kappa shape index (κ3) is 2.77. The van der Waals surface area contributed by atoms with Crippen molar-refractivity contribution in [2.75, 3.05) is 0 Å². The highest BCUT2D eigenvalue weighted by molar-refractivity contribution is 6.06. The molecule has 3 rings (SSSR count). The van der Waals surface area contributed by atoms with Crippen molar-refractivity contribution in [3.05, 3.63) is 66.0 Å². The number of phenolic OH excluding ortho intramolecular Hbond substituents is 1. The zero-order valence-corrected chi connectivity index (χ0v) is 12.5. The lowest BCUT2D eigenvalue weighted by atomic mass is 9.95. The Bertz CT molecular complexity index is 959. The Balaban J connectivity index is 2.26. The lowest BCUT2D eigenvalue weighted by Crippen LogP contribution is -2.24. The van der Waals surface area contributed by atoms with Gasteiger partial charge in [-0.1, -0.05) is 30.3 Å². The van der Waals surface area contributed by atoms with E-state index in [1.165, 1.54) is 18.2 Å². The third-order valence-corrected chi connectivity index (χ3v) is 3.62. The topological polar surface area (TPSA) is 102 Å². The maximum absolute atomic E-state index is 14.2. The highest BCUT2D eigenvalue weighted by Crippen LogP contribution is 2.36. The Morgan fingerprint density at radius 3 is 2.50 bits per heavy atom. The first kappa shape index (κ1) is 15.5. The van der Waals surface area contributed by atoms with Crippen molar-refractivity contribution in [1.82, 2.24) is 0 Å². The number of benzene rings is 3. The number of nitrogens with two attached hydrogens (primary N) is 2. The quantitative estimate of drug-likeness (QED) is 0.498. The van der Waals surface area contributed by atoms with Gasteiger partial charge in [-0.25, -0.2) is 4.39 Å². The highest BCUT2D eigenvalue weighted by atomic mass is 19.1. The second-order valence-corrected chi connectivity index (χ2v) is 5.22. The van der Waals surface area contributed by atoms with Crippen LogP contribution in [0, 0.1) is 5.82 Å². The van der Waals surface area contributed by atoms with Crippen LogP contribution in [-0.2, 0) is 0 Å². The number of hydrogen-bond donors (Lipinski definition) is 3. The second-order valence-electron chi connectivity index (χ2n) is 5.22. The van der Waals surface area contributed by atoms with E-state index in [2.05, 4.69) is 4.99 Å². The Kier molecular flexibility index (Phi) is 3.87. The first-order chi connectivity index (χ1) is 11.5. The number of carbonyl (C=O) groups excluding carboxylic acids is 1. The fourth-order valence-electron chi connectivity index (χ4n) is 2.58. The molecule has 0 heterocycles. The summed E-state index contributed by atoms with van der Waals surface area (Å²) in [4.78, 5) is 15.5. The molecule has 0 fully saturated rings. The van der Waals surface area contributed by atoms with Gasteiger partial charge in [0, 0.05) is 5.56 Å². The molecule has 0 saturated heterocycles. The molecular formula is C18H14FN3O2. The summed E-state index contributed by atoms with van der Waals surface area (Å²) in [7, 11) is 0. The maximum atomic E-state index is 14.2. The van der Waals surface area contributed by atoms with Gasteiger partial charge < -0.3 is 16.6 Å². The van der Waals surface area contributed by atoms with Crippen LogP contribution in [0.25, 0.3) is 21.9 Å². The van der Waals surface area contributed by atoms with Crippen LogP contribution in [0.3, 0.4) is 0 Å². The average Bonchev–Trinajstić information content (AvgIpc) is 2.53. The number of aliphatic imine (C=N–C) groups is 1. The van der Waals surface area contributed by atoms with Gasteiger partial charge in [0.2, 0.25) is 0 Å². The van der Waals surface area contributed by atoms with E-state index in [0.29, 0.717) is 10.9 Å². The Morgan fingerprint density at radius 2 is 1.79 bits per heavy atom. The Labute approximate surface area is 137 Å². The van der Waals surface area contributed by atoms with Crippen LogP contribution in [0.4, 0.5) is 4.39 Å². The molecule has 0 saturated carbocycles. The van der Waals surface area contributed by atoms with Crippen molar-refractivity contribution < 1.29 is 14.3 Å². The molecule has 3 aromatic rings. The van der Waals surface area contributed by atoms with Crippen LogP contribution in [-0.4, -0.2) is 17.0 Å².